The molecular formula is C15H12F3NO3. The Balaban J connectivity index is 2.35. The molecule has 0 spiro atoms. The fraction of sp³-hybridized carbons (Fsp3) is 0.133. The standard InChI is InChI=1S/C15H12F3NO3/c1-21-8-3-6-12(22-2)11(7-8)19-15(20)9-4-5-10(16)14(18)13(9)17/h3-7H,1-2H3,(H,19,20). The topological polar surface area (TPSA) is 47.6 Å². The number of nitrogens with one attached hydrogen (secondary N) is 1. The Morgan fingerprint density at radius 1 is 1.00 bits per heavy atom. The van der Waals surface area contributed by atoms with Crippen LogP contribution < -0.4 is 14.8 Å². The Morgan fingerprint density at radius 2 is 1.73 bits per heavy atom. The molecule has 4 nitrogen and oxygen atoms in total. The monoisotopic (exact) mass is 311 g/mol. The molecule has 0 atom stereocenters. The van der Waals surface area contributed by atoms with Gasteiger partial charge in [0, 0.05) is 6.07 Å². The van der Waals surface area contributed by atoms with E-state index in [0.29, 0.717) is 17.6 Å². The zero-order valence-electron chi connectivity index (χ0n) is 11.7. The van der Waals surface area contributed by atoms with Gasteiger partial charge in [-0.15, -0.1) is 0 Å². The van der Waals surface area contributed by atoms with Crippen molar-refractivity contribution >= 4 is 11.6 Å². The molecule has 7 heteroatoms. The first-order valence-corrected chi connectivity index (χ1v) is 6.14. The lowest BCUT2D eigenvalue weighted by Gasteiger charge is -2.12. The fourth-order valence-corrected chi connectivity index (χ4v) is 1.80. The predicted octanol–water partition coefficient (Wildman–Crippen LogP) is 3.37. The van der Waals surface area contributed by atoms with Crippen LogP contribution in [0, 0.1) is 17.5 Å². The minimum atomic E-state index is -1.70. The Kier molecular flexibility index (Phi) is 4.55. The van der Waals surface area contributed by atoms with Gasteiger partial charge >= 0.3 is 0 Å². The van der Waals surface area contributed by atoms with Gasteiger partial charge in [-0.2, -0.15) is 0 Å². The summed E-state index contributed by atoms with van der Waals surface area (Å²) >= 11 is 0. The van der Waals surface area contributed by atoms with Crippen molar-refractivity contribution in [3.63, 3.8) is 0 Å². The highest BCUT2D eigenvalue weighted by Gasteiger charge is 2.20. The van der Waals surface area contributed by atoms with Gasteiger partial charge in [-0.05, 0) is 24.3 Å². The van der Waals surface area contributed by atoms with Gasteiger partial charge in [0.15, 0.2) is 17.5 Å². The van der Waals surface area contributed by atoms with Crippen LogP contribution in [-0.4, -0.2) is 20.1 Å². The lowest BCUT2D eigenvalue weighted by atomic mass is 10.1. The van der Waals surface area contributed by atoms with E-state index >= 15 is 0 Å². The third-order valence-corrected chi connectivity index (χ3v) is 2.93. The van der Waals surface area contributed by atoms with Crippen molar-refractivity contribution in [1.29, 1.82) is 0 Å². The summed E-state index contributed by atoms with van der Waals surface area (Å²) in [4.78, 5) is 12.0. The number of carbonyl (C=O) groups excluding carboxylic acids is 1. The lowest BCUT2D eigenvalue weighted by Crippen LogP contribution is -2.15. The van der Waals surface area contributed by atoms with Gasteiger partial charge in [0.05, 0.1) is 25.5 Å². The molecule has 0 aliphatic carbocycles. The van der Waals surface area contributed by atoms with E-state index < -0.39 is 28.9 Å². The maximum Gasteiger partial charge on any atom is 0.258 e. The van der Waals surface area contributed by atoms with Crippen LogP contribution in [0.1, 0.15) is 10.4 Å². The summed E-state index contributed by atoms with van der Waals surface area (Å²) in [6.45, 7) is 0. The average molecular weight is 311 g/mol. The van der Waals surface area contributed by atoms with Crippen LogP contribution in [0.2, 0.25) is 0 Å². The maximum atomic E-state index is 13.6. The summed E-state index contributed by atoms with van der Waals surface area (Å²) in [5, 5.41) is 2.37. The van der Waals surface area contributed by atoms with Crippen molar-refractivity contribution in [3.8, 4) is 11.5 Å². The molecule has 116 valence electrons. The molecule has 0 saturated carbocycles. The van der Waals surface area contributed by atoms with E-state index in [2.05, 4.69) is 5.32 Å². The Bertz CT molecular complexity index is 719. The van der Waals surface area contributed by atoms with Crippen molar-refractivity contribution in [3.05, 3.63) is 53.3 Å². The second kappa shape index (κ2) is 6.38. The van der Waals surface area contributed by atoms with E-state index in [1.807, 2.05) is 0 Å². The second-order valence-electron chi connectivity index (χ2n) is 4.24. The van der Waals surface area contributed by atoms with E-state index in [1.54, 1.807) is 6.07 Å². The van der Waals surface area contributed by atoms with Crippen LogP contribution >= 0.6 is 0 Å². The van der Waals surface area contributed by atoms with Crippen molar-refractivity contribution in [2.75, 3.05) is 19.5 Å². The van der Waals surface area contributed by atoms with Gasteiger partial charge in [-0.1, -0.05) is 0 Å². The second-order valence-corrected chi connectivity index (χ2v) is 4.24. The smallest absolute Gasteiger partial charge is 0.258 e. The summed E-state index contributed by atoms with van der Waals surface area (Å²) in [6, 6.07) is 6.13. The summed E-state index contributed by atoms with van der Waals surface area (Å²) in [7, 11) is 2.82. The minimum Gasteiger partial charge on any atom is -0.497 e. The first-order valence-electron chi connectivity index (χ1n) is 6.14. The van der Waals surface area contributed by atoms with Gasteiger partial charge in [-0.25, -0.2) is 13.2 Å². The number of ether oxygens (including phenoxy) is 2. The summed E-state index contributed by atoms with van der Waals surface area (Å²) in [6.07, 6.45) is 0. The number of methoxy groups -OCH3 is 2. The molecule has 22 heavy (non-hydrogen) atoms. The van der Waals surface area contributed by atoms with E-state index in [9.17, 15) is 18.0 Å². The molecule has 1 amide bonds. The fourth-order valence-electron chi connectivity index (χ4n) is 1.80. The summed E-state index contributed by atoms with van der Waals surface area (Å²) in [5.74, 6) is -4.83. The van der Waals surface area contributed by atoms with E-state index in [-0.39, 0.29) is 5.69 Å². The molecule has 2 aromatic rings. The van der Waals surface area contributed by atoms with Gasteiger partial charge in [-0.3, -0.25) is 4.79 Å². The number of anilines is 1. The Labute approximate surface area is 124 Å². The van der Waals surface area contributed by atoms with Crippen LogP contribution in [0.5, 0.6) is 11.5 Å². The average Bonchev–Trinajstić information content (AvgIpc) is 2.52. The molecule has 0 aliphatic rings. The zero-order valence-corrected chi connectivity index (χ0v) is 11.7. The molecule has 0 aromatic heterocycles. The van der Waals surface area contributed by atoms with Gasteiger partial charge in [0.25, 0.3) is 5.91 Å². The summed E-state index contributed by atoms with van der Waals surface area (Å²) < 4.78 is 49.7. The maximum absolute atomic E-state index is 13.6. The molecule has 0 unspecified atom stereocenters. The molecule has 0 heterocycles. The Morgan fingerprint density at radius 3 is 2.36 bits per heavy atom. The van der Waals surface area contributed by atoms with Crippen LogP contribution in [0.4, 0.5) is 18.9 Å². The first-order chi connectivity index (χ1) is 10.5. The zero-order chi connectivity index (χ0) is 16.3. The molecule has 0 bridgehead atoms. The highest BCUT2D eigenvalue weighted by atomic mass is 19.2. The van der Waals surface area contributed by atoms with Crippen molar-refractivity contribution in [2.45, 2.75) is 0 Å². The molecule has 0 aliphatic heterocycles. The molecule has 1 N–H and O–H groups in total. The highest BCUT2D eigenvalue weighted by Crippen LogP contribution is 2.29. The van der Waals surface area contributed by atoms with Gasteiger partial charge in [0.2, 0.25) is 0 Å². The molecular weight excluding hydrogens is 299 g/mol. The van der Waals surface area contributed by atoms with Gasteiger partial charge < -0.3 is 14.8 Å². The van der Waals surface area contributed by atoms with Crippen molar-refractivity contribution in [2.24, 2.45) is 0 Å². The number of amides is 1. The normalized spacial score (nSPS) is 10.2. The molecule has 0 fully saturated rings. The summed E-state index contributed by atoms with van der Waals surface area (Å²) in [5.41, 5.74) is -0.417. The van der Waals surface area contributed by atoms with Crippen LogP contribution in [0.3, 0.4) is 0 Å². The van der Waals surface area contributed by atoms with Crippen LogP contribution in [-0.2, 0) is 0 Å². The highest BCUT2D eigenvalue weighted by molar-refractivity contribution is 6.05. The third kappa shape index (κ3) is 2.98. The minimum absolute atomic E-state index is 0.205. The number of carbonyl (C=O) groups is 1. The number of rotatable bonds is 4. The van der Waals surface area contributed by atoms with Crippen LogP contribution in [0.25, 0.3) is 0 Å². The van der Waals surface area contributed by atoms with Crippen molar-refractivity contribution < 1.29 is 27.4 Å². The number of hydrogen-bond acceptors (Lipinski definition) is 3. The van der Waals surface area contributed by atoms with Crippen LogP contribution in [0.15, 0.2) is 30.3 Å². The first kappa shape index (κ1) is 15.7. The number of benzene rings is 2. The molecule has 0 saturated heterocycles. The van der Waals surface area contributed by atoms with E-state index in [4.69, 9.17) is 9.47 Å². The largest absolute Gasteiger partial charge is 0.497 e. The third-order valence-electron chi connectivity index (χ3n) is 2.93. The van der Waals surface area contributed by atoms with E-state index in [1.165, 1.54) is 26.4 Å². The molecule has 0 radical (unpaired) electrons. The van der Waals surface area contributed by atoms with Gasteiger partial charge in [0.1, 0.15) is 11.5 Å². The van der Waals surface area contributed by atoms with E-state index in [0.717, 1.165) is 6.07 Å². The lowest BCUT2D eigenvalue weighted by molar-refractivity contribution is 0.102. The number of hydrogen-bond donors (Lipinski definition) is 1. The van der Waals surface area contributed by atoms with Crippen molar-refractivity contribution in [1.82, 2.24) is 0 Å². The quantitative estimate of drug-likeness (QED) is 0.881. The molecule has 2 aromatic carbocycles. The number of halogens is 3. The molecule has 2 rings (SSSR count). The SMILES string of the molecule is COc1ccc(OC)c(NC(=O)c2ccc(F)c(F)c2F)c1. The Hall–Kier alpha value is -2.70. The predicted molar refractivity (Wildman–Crippen MR) is 73.8 cm³/mol.